The molecule has 34 heavy (non-hydrogen) atoms. The first kappa shape index (κ1) is 24.7. The van der Waals surface area contributed by atoms with Crippen LogP contribution in [0.25, 0.3) is 0 Å². The average Bonchev–Trinajstić information content (AvgIpc) is 3.50. The van der Waals surface area contributed by atoms with Crippen molar-refractivity contribution in [2.45, 2.75) is 31.8 Å². The highest BCUT2D eigenvalue weighted by molar-refractivity contribution is 6.42. The van der Waals surface area contributed by atoms with Gasteiger partial charge in [0, 0.05) is 31.6 Å². The maximum Gasteiger partial charge on any atom is 0.145 e. The smallest absolute Gasteiger partial charge is 0.145 e. The molecule has 0 radical (unpaired) electrons. The molecule has 2 aromatic carbocycles. The topological polar surface area (TPSA) is 67.4 Å². The van der Waals surface area contributed by atoms with Crippen molar-refractivity contribution in [2.75, 3.05) is 19.7 Å². The van der Waals surface area contributed by atoms with Gasteiger partial charge in [0.1, 0.15) is 24.3 Å². The van der Waals surface area contributed by atoms with E-state index in [0.717, 1.165) is 16.8 Å². The summed E-state index contributed by atoms with van der Waals surface area (Å²) in [7, 11) is 0. The highest BCUT2D eigenvalue weighted by Crippen LogP contribution is 2.26. The second-order valence-electron chi connectivity index (χ2n) is 8.17. The Morgan fingerprint density at radius 2 is 1.97 bits per heavy atom. The molecule has 9 heteroatoms. The monoisotopic (exact) mass is 506 g/mol. The van der Waals surface area contributed by atoms with Crippen LogP contribution < -0.4 is 0 Å². The van der Waals surface area contributed by atoms with Crippen molar-refractivity contribution in [1.82, 2.24) is 4.90 Å². The summed E-state index contributed by atoms with van der Waals surface area (Å²) in [4.78, 5) is 7.72. The fraction of sp³-hybridized carbons (Fsp3) is 0.320. The molecule has 0 fully saturated rings. The number of oxime groups is 1. The summed E-state index contributed by atoms with van der Waals surface area (Å²) in [5.41, 5.74) is 2.56. The molecule has 0 aliphatic carbocycles. The summed E-state index contributed by atoms with van der Waals surface area (Å²) in [6.07, 6.45) is 1.23. The highest BCUT2D eigenvalue weighted by Gasteiger charge is 2.26. The van der Waals surface area contributed by atoms with Crippen LogP contribution >= 0.6 is 23.2 Å². The van der Waals surface area contributed by atoms with E-state index < -0.39 is 6.10 Å². The lowest BCUT2D eigenvalue weighted by Gasteiger charge is -2.27. The molecule has 1 aromatic heterocycles. The van der Waals surface area contributed by atoms with E-state index in [4.69, 9.17) is 37.2 Å². The normalized spacial score (nSPS) is 16.5. The second kappa shape index (κ2) is 11.8. The molecule has 0 bridgehead atoms. The summed E-state index contributed by atoms with van der Waals surface area (Å²) in [5, 5.41) is 15.7. The average molecular weight is 507 g/mol. The van der Waals surface area contributed by atoms with E-state index in [1.165, 1.54) is 12.1 Å². The maximum absolute atomic E-state index is 13.3. The van der Waals surface area contributed by atoms with Crippen molar-refractivity contribution in [3.05, 3.63) is 93.6 Å². The molecular formula is C25H25Cl2FN2O4. The second-order valence-corrected chi connectivity index (χ2v) is 8.98. The Bertz CT molecular complexity index is 1090. The third kappa shape index (κ3) is 7.04. The van der Waals surface area contributed by atoms with Gasteiger partial charge in [-0.15, -0.1) is 0 Å². The fourth-order valence-electron chi connectivity index (χ4n) is 3.75. The molecule has 180 valence electrons. The van der Waals surface area contributed by atoms with E-state index in [2.05, 4.69) is 5.16 Å². The lowest BCUT2D eigenvalue weighted by molar-refractivity contribution is -0.00956. The Morgan fingerprint density at radius 1 is 1.15 bits per heavy atom. The first-order valence-electron chi connectivity index (χ1n) is 10.9. The molecule has 1 aliphatic rings. The molecule has 1 aliphatic heterocycles. The Balaban J connectivity index is 1.35. The van der Waals surface area contributed by atoms with Crippen molar-refractivity contribution in [1.29, 1.82) is 0 Å². The van der Waals surface area contributed by atoms with Crippen LogP contribution in [0.4, 0.5) is 4.39 Å². The van der Waals surface area contributed by atoms with E-state index in [0.29, 0.717) is 41.9 Å². The molecular weight excluding hydrogens is 482 g/mol. The summed E-state index contributed by atoms with van der Waals surface area (Å²) in [6, 6.07) is 15.3. The number of ether oxygens (including phenoxy) is 1. The predicted octanol–water partition coefficient (Wildman–Crippen LogP) is 5.30. The number of benzene rings is 2. The largest absolute Gasteiger partial charge is 0.467 e. The zero-order chi connectivity index (χ0) is 23.9. The van der Waals surface area contributed by atoms with Crippen molar-refractivity contribution >= 4 is 28.9 Å². The van der Waals surface area contributed by atoms with Gasteiger partial charge in [0.05, 0.1) is 34.7 Å². The quantitative estimate of drug-likeness (QED) is 0.382. The molecule has 1 N–H and O–H groups in total. The molecule has 6 nitrogen and oxygen atoms in total. The zero-order valence-corrected chi connectivity index (χ0v) is 19.9. The molecule has 4 rings (SSSR count). The number of rotatable bonds is 11. The number of hydrogen-bond donors (Lipinski definition) is 1. The van der Waals surface area contributed by atoms with Gasteiger partial charge in [0.15, 0.2) is 0 Å². The van der Waals surface area contributed by atoms with Crippen molar-refractivity contribution in [3.63, 3.8) is 0 Å². The van der Waals surface area contributed by atoms with Crippen LogP contribution in [0.2, 0.25) is 10.0 Å². The molecule has 0 spiro atoms. The maximum atomic E-state index is 13.3. The first-order chi connectivity index (χ1) is 16.5. The highest BCUT2D eigenvalue weighted by atomic mass is 35.5. The number of aliphatic hydroxyl groups excluding tert-OH is 1. The lowest BCUT2D eigenvalue weighted by Crippen LogP contribution is -2.39. The molecule has 0 saturated carbocycles. The summed E-state index contributed by atoms with van der Waals surface area (Å²) >= 11 is 12.2. The van der Waals surface area contributed by atoms with E-state index >= 15 is 0 Å². The van der Waals surface area contributed by atoms with Gasteiger partial charge in [0.2, 0.25) is 0 Å². The van der Waals surface area contributed by atoms with Crippen LogP contribution in [0.5, 0.6) is 0 Å². The first-order valence-corrected chi connectivity index (χ1v) is 11.6. The van der Waals surface area contributed by atoms with E-state index in [1.54, 1.807) is 36.6 Å². The van der Waals surface area contributed by atoms with Crippen LogP contribution in [0, 0.1) is 5.82 Å². The zero-order valence-electron chi connectivity index (χ0n) is 18.4. The van der Waals surface area contributed by atoms with Crippen LogP contribution in [0.1, 0.15) is 23.3 Å². The standard InChI is InChI=1S/C25H25Cl2FN2O4/c26-23-8-5-18(10-24(23)27)25-11-22(34-29-25)14-30(12-17-3-6-19(28)7-4-17)13-20(31)15-32-16-21-2-1-9-33-21/h1-10,20,22,31H,11-16H2/t20-,22-/m0/s1. The molecule has 0 saturated heterocycles. The molecule has 0 amide bonds. The van der Waals surface area contributed by atoms with Crippen LogP contribution in [0.15, 0.2) is 70.4 Å². The van der Waals surface area contributed by atoms with Gasteiger partial charge >= 0.3 is 0 Å². The van der Waals surface area contributed by atoms with Crippen molar-refractivity contribution in [2.24, 2.45) is 5.16 Å². The van der Waals surface area contributed by atoms with Gasteiger partial charge in [-0.2, -0.15) is 0 Å². The van der Waals surface area contributed by atoms with Gasteiger partial charge in [-0.3, -0.25) is 4.90 Å². The van der Waals surface area contributed by atoms with Gasteiger partial charge in [-0.05, 0) is 42.0 Å². The number of furan rings is 1. The van der Waals surface area contributed by atoms with Crippen LogP contribution in [-0.2, 0) is 22.7 Å². The minimum absolute atomic E-state index is 0.150. The molecule has 2 atom stereocenters. The third-order valence-corrected chi connectivity index (χ3v) is 6.11. The van der Waals surface area contributed by atoms with Crippen molar-refractivity contribution < 1.29 is 23.5 Å². The Hall–Kier alpha value is -2.42. The summed E-state index contributed by atoms with van der Waals surface area (Å²) in [5.74, 6) is 0.405. The number of hydrogen-bond acceptors (Lipinski definition) is 6. The third-order valence-electron chi connectivity index (χ3n) is 5.37. The molecule has 2 heterocycles. The minimum atomic E-state index is -0.729. The Kier molecular flexibility index (Phi) is 8.59. The number of halogens is 3. The van der Waals surface area contributed by atoms with Crippen LogP contribution in [-0.4, -0.2) is 47.6 Å². The van der Waals surface area contributed by atoms with Crippen LogP contribution in [0.3, 0.4) is 0 Å². The Labute approximate surface area is 207 Å². The Morgan fingerprint density at radius 3 is 2.71 bits per heavy atom. The number of aliphatic hydroxyl groups is 1. The predicted molar refractivity (Wildman–Crippen MR) is 129 cm³/mol. The van der Waals surface area contributed by atoms with Gasteiger partial charge in [0.25, 0.3) is 0 Å². The fourth-order valence-corrected chi connectivity index (χ4v) is 4.05. The lowest BCUT2D eigenvalue weighted by atomic mass is 10.0. The number of nitrogens with zero attached hydrogens (tertiary/aromatic N) is 2. The van der Waals surface area contributed by atoms with Gasteiger partial charge in [-0.1, -0.05) is 46.6 Å². The van der Waals surface area contributed by atoms with E-state index in [-0.39, 0.29) is 25.1 Å². The van der Waals surface area contributed by atoms with E-state index in [9.17, 15) is 9.50 Å². The van der Waals surface area contributed by atoms with Crippen molar-refractivity contribution in [3.8, 4) is 0 Å². The minimum Gasteiger partial charge on any atom is -0.467 e. The molecule has 3 aromatic rings. The van der Waals surface area contributed by atoms with Gasteiger partial charge in [-0.25, -0.2) is 4.39 Å². The SMILES string of the molecule is O[C@H](COCc1ccco1)CN(Cc1ccc(F)cc1)C[C@@H]1CC(c2ccc(Cl)c(Cl)c2)=NO1. The molecule has 0 unspecified atom stereocenters. The summed E-state index contributed by atoms with van der Waals surface area (Å²) < 4.78 is 24.2. The van der Waals surface area contributed by atoms with E-state index in [1.807, 2.05) is 17.0 Å². The summed E-state index contributed by atoms with van der Waals surface area (Å²) in [6.45, 7) is 1.81. The van der Waals surface area contributed by atoms with Gasteiger partial charge < -0.3 is 19.1 Å².